The first-order valence-corrected chi connectivity index (χ1v) is 4.18. The van der Waals surface area contributed by atoms with Crippen molar-refractivity contribution in [3.63, 3.8) is 0 Å². The van der Waals surface area contributed by atoms with Gasteiger partial charge in [0.15, 0.2) is 0 Å². The van der Waals surface area contributed by atoms with Gasteiger partial charge in [-0.15, -0.1) is 0 Å². The third kappa shape index (κ3) is 1.96. The van der Waals surface area contributed by atoms with Gasteiger partial charge in [0, 0.05) is 12.6 Å². The highest BCUT2D eigenvalue weighted by atomic mass is 16.5. The van der Waals surface area contributed by atoms with Gasteiger partial charge < -0.3 is 10.5 Å². The summed E-state index contributed by atoms with van der Waals surface area (Å²) in [5, 5.41) is 0. The molecule has 1 unspecified atom stereocenters. The first-order chi connectivity index (χ1) is 4.84. The molecular formula is C8H17NO. The summed E-state index contributed by atoms with van der Waals surface area (Å²) in [6, 6.07) is 0.361. The topological polar surface area (TPSA) is 35.2 Å². The predicted molar refractivity (Wildman–Crippen MR) is 41.8 cm³/mol. The molecule has 1 heterocycles. The second-order valence-corrected chi connectivity index (χ2v) is 3.05. The number of nitrogens with two attached hydrogens (primary N) is 1. The van der Waals surface area contributed by atoms with E-state index in [0.29, 0.717) is 12.0 Å². The minimum Gasteiger partial charge on any atom is -0.381 e. The van der Waals surface area contributed by atoms with E-state index in [1.807, 2.05) is 0 Å². The SMILES string of the molecule is CC[C@@H](N)C1CCCOC1. The number of hydrogen-bond acceptors (Lipinski definition) is 2. The molecule has 1 fully saturated rings. The van der Waals surface area contributed by atoms with Gasteiger partial charge in [-0.25, -0.2) is 0 Å². The van der Waals surface area contributed by atoms with Crippen LogP contribution < -0.4 is 5.73 Å². The molecule has 1 aliphatic heterocycles. The largest absolute Gasteiger partial charge is 0.381 e. The summed E-state index contributed by atoms with van der Waals surface area (Å²) in [5.74, 6) is 0.624. The van der Waals surface area contributed by atoms with Crippen LogP contribution in [0.5, 0.6) is 0 Å². The van der Waals surface area contributed by atoms with E-state index < -0.39 is 0 Å². The molecular weight excluding hydrogens is 126 g/mol. The van der Waals surface area contributed by atoms with Gasteiger partial charge in [-0.1, -0.05) is 6.92 Å². The quantitative estimate of drug-likeness (QED) is 0.629. The third-order valence-corrected chi connectivity index (χ3v) is 2.27. The highest BCUT2D eigenvalue weighted by Gasteiger charge is 2.18. The molecule has 0 radical (unpaired) electrons. The van der Waals surface area contributed by atoms with E-state index in [2.05, 4.69) is 6.92 Å². The smallest absolute Gasteiger partial charge is 0.0509 e. The first kappa shape index (κ1) is 8.02. The standard InChI is InChI=1S/C8H17NO/c1-2-8(9)7-4-3-5-10-6-7/h7-8H,2-6,9H2,1H3/t7?,8-/m1/s1. The molecule has 2 N–H and O–H groups in total. The average Bonchev–Trinajstić information content (AvgIpc) is 2.05. The van der Waals surface area contributed by atoms with Crippen molar-refractivity contribution < 1.29 is 4.74 Å². The molecule has 0 aromatic rings. The molecule has 60 valence electrons. The van der Waals surface area contributed by atoms with Crippen molar-refractivity contribution in [1.82, 2.24) is 0 Å². The van der Waals surface area contributed by atoms with E-state index in [-0.39, 0.29) is 0 Å². The Morgan fingerprint density at radius 2 is 2.50 bits per heavy atom. The van der Waals surface area contributed by atoms with Gasteiger partial charge in [-0.3, -0.25) is 0 Å². The molecule has 10 heavy (non-hydrogen) atoms. The Kier molecular flexibility index (Phi) is 3.16. The van der Waals surface area contributed by atoms with Gasteiger partial charge in [0.05, 0.1) is 6.61 Å². The van der Waals surface area contributed by atoms with Crippen LogP contribution in [0.2, 0.25) is 0 Å². The normalized spacial score (nSPS) is 30.0. The molecule has 0 aromatic heterocycles. The lowest BCUT2D eigenvalue weighted by Gasteiger charge is -2.26. The molecule has 2 nitrogen and oxygen atoms in total. The lowest BCUT2D eigenvalue weighted by atomic mass is 9.93. The fourth-order valence-corrected chi connectivity index (χ4v) is 1.44. The highest BCUT2D eigenvalue weighted by Crippen LogP contribution is 2.17. The molecule has 0 spiro atoms. The number of ether oxygens (including phenoxy) is 1. The lowest BCUT2D eigenvalue weighted by molar-refractivity contribution is 0.0445. The maximum absolute atomic E-state index is 5.87. The van der Waals surface area contributed by atoms with Gasteiger partial charge in [-0.05, 0) is 25.2 Å². The second-order valence-electron chi connectivity index (χ2n) is 3.05. The summed E-state index contributed by atoms with van der Waals surface area (Å²) >= 11 is 0. The molecule has 0 saturated carbocycles. The molecule has 1 aliphatic rings. The first-order valence-electron chi connectivity index (χ1n) is 4.18. The van der Waals surface area contributed by atoms with Crippen molar-refractivity contribution >= 4 is 0 Å². The van der Waals surface area contributed by atoms with Crippen LogP contribution in [0.1, 0.15) is 26.2 Å². The summed E-state index contributed by atoms with van der Waals surface area (Å²) in [5.41, 5.74) is 5.87. The van der Waals surface area contributed by atoms with Crippen LogP contribution >= 0.6 is 0 Å². The molecule has 1 saturated heterocycles. The van der Waals surface area contributed by atoms with E-state index in [4.69, 9.17) is 10.5 Å². The Morgan fingerprint density at radius 3 is 3.00 bits per heavy atom. The van der Waals surface area contributed by atoms with Crippen LogP contribution in [0.4, 0.5) is 0 Å². The van der Waals surface area contributed by atoms with Crippen molar-refractivity contribution in [2.75, 3.05) is 13.2 Å². The average molecular weight is 143 g/mol. The minimum absolute atomic E-state index is 0.361. The number of rotatable bonds is 2. The molecule has 2 atom stereocenters. The second kappa shape index (κ2) is 3.94. The summed E-state index contributed by atoms with van der Waals surface area (Å²) in [4.78, 5) is 0. The minimum atomic E-state index is 0.361. The predicted octanol–water partition coefficient (Wildman–Crippen LogP) is 1.15. The Balaban J connectivity index is 2.24. The van der Waals surface area contributed by atoms with Crippen LogP contribution in [-0.2, 0) is 4.74 Å². The van der Waals surface area contributed by atoms with Crippen molar-refractivity contribution in [2.24, 2.45) is 11.7 Å². The summed E-state index contributed by atoms with van der Waals surface area (Å²) in [6.45, 7) is 3.96. The lowest BCUT2D eigenvalue weighted by Crippen LogP contribution is -2.35. The zero-order chi connectivity index (χ0) is 7.40. The van der Waals surface area contributed by atoms with Crippen molar-refractivity contribution in [3.8, 4) is 0 Å². The Labute approximate surface area is 62.7 Å². The number of hydrogen-bond donors (Lipinski definition) is 1. The highest BCUT2D eigenvalue weighted by molar-refractivity contribution is 4.73. The van der Waals surface area contributed by atoms with E-state index in [1.165, 1.54) is 12.8 Å². The van der Waals surface area contributed by atoms with Crippen LogP contribution in [0, 0.1) is 5.92 Å². The molecule has 1 rings (SSSR count). The molecule has 0 aromatic carbocycles. The zero-order valence-corrected chi connectivity index (χ0v) is 6.68. The van der Waals surface area contributed by atoms with E-state index in [0.717, 1.165) is 19.6 Å². The summed E-state index contributed by atoms with van der Waals surface area (Å²) < 4.78 is 5.33. The van der Waals surface area contributed by atoms with Crippen molar-refractivity contribution in [1.29, 1.82) is 0 Å². The van der Waals surface area contributed by atoms with Gasteiger partial charge in [0.2, 0.25) is 0 Å². The van der Waals surface area contributed by atoms with Gasteiger partial charge >= 0.3 is 0 Å². The van der Waals surface area contributed by atoms with E-state index in [9.17, 15) is 0 Å². The summed E-state index contributed by atoms with van der Waals surface area (Å²) in [7, 11) is 0. The summed E-state index contributed by atoms with van der Waals surface area (Å²) in [6.07, 6.45) is 3.53. The Morgan fingerprint density at radius 1 is 1.70 bits per heavy atom. The maximum Gasteiger partial charge on any atom is 0.0509 e. The molecule has 0 amide bonds. The van der Waals surface area contributed by atoms with Gasteiger partial charge in [-0.2, -0.15) is 0 Å². The monoisotopic (exact) mass is 143 g/mol. The van der Waals surface area contributed by atoms with Crippen LogP contribution in [0.3, 0.4) is 0 Å². The van der Waals surface area contributed by atoms with Crippen LogP contribution in [0.15, 0.2) is 0 Å². The Bertz CT molecular complexity index is 89.3. The van der Waals surface area contributed by atoms with Crippen molar-refractivity contribution in [3.05, 3.63) is 0 Å². The maximum atomic E-state index is 5.87. The molecule has 0 bridgehead atoms. The van der Waals surface area contributed by atoms with Crippen molar-refractivity contribution in [2.45, 2.75) is 32.2 Å². The molecule has 0 aliphatic carbocycles. The fourth-order valence-electron chi connectivity index (χ4n) is 1.44. The van der Waals surface area contributed by atoms with Crippen LogP contribution in [-0.4, -0.2) is 19.3 Å². The fraction of sp³-hybridized carbons (Fsp3) is 1.00. The zero-order valence-electron chi connectivity index (χ0n) is 6.68. The molecule has 2 heteroatoms. The third-order valence-electron chi connectivity index (χ3n) is 2.27. The Hall–Kier alpha value is -0.0800. The van der Waals surface area contributed by atoms with E-state index in [1.54, 1.807) is 0 Å². The van der Waals surface area contributed by atoms with E-state index >= 15 is 0 Å². The van der Waals surface area contributed by atoms with Crippen LogP contribution in [0.25, 0.3) is 0 Å². The van der Waals surface area contributed by atoms with Gasteiger partial charge in [0.1, 0.15) is 0 Å². The van der Waals surface area contributed by atoms with Gasteiger partial charge in [0.25, 0.3) is 0 Å².